The van der Waals surface area contributed by atoms with Crippen molar-refractivity contribution in [3.8, 4) is 5.75 Å². The lowest BCUT2D eigenvalue weighted by Gasteiger charge is -2.18. The lowest BCUT2D eigenvalue weighted by Crippen LogP contribution is -2.31. The van der Waals surface area contributed by atoms with Gasteiger partial charge in [-0.1, -0.05) is 12.1 Å². The van der Waals surface area contributed by atoms with Gasteiger partial charge in [-0.15, -0.1) is 0 Å². The number of para-hydroxylation sites is 1. The fraction of sp³-hybridized carbons (Fsp3) is 0.316. The van der Waals surface area contributed by atoms with Crippen molar-refractivity contribution >= 4 is 17.3 Å². The number of carbonyl (C=O) groups excluding carboxylic acids is 1. The standard InChI is InChI=1S/C19H20FN3O4/c1-22(10-11-27-18-5-3-2-4-15(18)20)19(24)13-6-9-16(21-14-7-8-14)17(12-13)23(25)26/h2-6,9,12,14,21H,7-8,10-11H2,1H3. The third-order valence-electron chi connectivity index (χ3n) is 4.25. The van der Waals surface area contributed by atoms with E-state index in [0.29, 0.717) is 5.69 Å². The van der Waals surface area contributed by atoms with E-state index in [1.807, 2.05) is 0 Å². The quantitative estimate of drug-likeness (QED) is 0.566. The van der Waals surface area contributed by atoms with E-state index in [1.165, 1.54) is 23.1 Å². The molecule has 0 aliphatic heterocycles. The number of nitro groups is 1. The van der Waals surface area contributed by atoms with E-state index in [2.05, 4.69) is 5.32 Å². The zero-order valence-corrected chi connectivity index (χ0v) is 14.9. The molecule has 0 unspecified atom stereocenters. The van der Waals surface area contributed by atoms with Crippen molar-refractivity contribution in [2.24, 2.45) is 0 Å². The van der Waals surface area contributed by atoms with Gasteiger partial charge in [-0.05, 0) is 37.1 Å². The fourth-order valence-corrected chi connectivity index (χ4v) is 2.56. The summed E-state index contributed by atoms with van der Waals surface area (Å²) in [5, 5.41) is 14.4. The highest BCUT2D eigenvalue weighted by Crippen LogP contribution is 2.31. The topological polar surface area (TPSA) is 84.7 Å². The average molecular weight is 373 g/mol. The second-order valence-corrected chi connectivity index (χ2v) is 6.41. The SMILES string of the molecule is CN(CCOc1ccccc1F)C(=O)c1ccc(NC2CC2)c([N+](=O)[O-])c1. The number of nitrogens with zero attached hydrogens (tertiary/aromatic N) is 2. The Morgan fingerprint density at radius 2 is 2.07 bits per heavy atom. The van der Waals surface area contributed by atoms with Gasteiger partial charge in [0.05, 0.1) is 11.5 Å². The van der Waals surface area contributed by atoms with Gasteiger partial charge >= 0.3 is 0 Å². The summed E-state index contributed by atoms with van der Waals surface area (Å²) in [7, 11) is 1.56. The van der Waals surface area contributed by atoms with Crippen molar-refractivity contribution in [3.63, 3.8) is 0 Å². The van der Waals surface area contributed by atoms with E-state index < -0.39 is 10.7 Å². The van der Waals surface area contributed by atoms with Crippen molar-refractivity contribution in [3.05, 3.63) is 64.0 Å². The molecule has 0 spiro atoms. The van der Waals surface area contributed by atoms with E-state index >= 15 is 0 Å². The molecule has 27 heavy (non-hydrogen) atoms. The van der Waals surface area contributed by atoms with Crippen LogP contribution >= 0.6 is 0 Å². The Morgan fingerprint density at radius 1 is 1.33 bits per heavy atom. The minimum Gasteiger partial charge on any atom is -0.489 e. The minimum absolute atomic E-state index is 0.104. The van der Waals surface area contributed by atoms with Crippen LogP contribution in [0.1, 0.15) is 23.2 Å². The Hall–Kier alpha value is -3.16. The Balaban J connectivity index is 1.62. The van der Waals surface area contributed by atoms with Crippen LogP contribution in [0.3, 0.4) is 0 Å². The summed E-state index contributed by atoms with van der Waals surface area (Å²) >= 11 is 0. The lowest BCUT2D eigenvalue weighted by molar-refractivity contribution is -0.384. The summed E-state index contributed by atoms with van der Waals surface area (Å²) in [5.74, 6) is -0.724. The van der Waals surface area contributed by atoms with Crippen LogP contribution in [0.15, 0.2) is 42.5 Å². The Labute approximate surface area is 155 Å². The smallest absolute Gasteiger partial charge is 0.293 e. The summed E-state index contributed by atoms with van der Waals surface area (Å²) in [4.78, 5) is 24.7. The van der Waals surface area contributed by atoms with Gasteiger partial charge in [-0.2, -0.15) is 0 Å². The summed E-state index contributed by atoms with van der Waals surface area (Å²) in [6.07, 6.45) is 1.98. The molecule has 2 aromatic rings. The molecule has 0 heterocycles. The molecule has 1 amide bonds. The van der Waals surface area contributed by atoms with Crippen molar-refractivity contribution in [2.45, 2.75) is 18.9 Å². The number of benzene rings is 2. The summed E-state index contributed by atoms with van der Waals surface area (Å²) in [6.45, 7) is 0.315. The summed E-state index contributed by atoms with van der Waals surface area (Å²) in [6, 6.07) is 10.7. The van der Waals surface area contributed by atoms with Crippen LogP contribution in [0, 0.1) is 15.9 Å². The number of amides is 1. The Bertz CT molecular complexity index is 855. The maximum atomic E-state index is 13.5. The van der Waals surface area contributed by atoms with Crippen LogP contribution in [0.4, 0.5) is 15.8 Å². The zero-order valence-electron chi connectivity index (χ0n) is 14.9. The largest absolute Gasteiger partial charge is 0.489 e. The number of likely N-dealkylation sites (N-methyl/N-ethyl adjacent to an activating group) is 1. The van der Waals surface area contributed by atoms with Gasteiger partial charge in [-0.25, -0.2) is 4.39 Å². The number of hydrogen-bond donors (Lipinski definition) is 1. The van der Waals surface area contributed by atoms with E-state index in [-0.39, 0.29) is 42.1 Å². The number of nitrogens with one attached hydrogen (secondary N) is 1. The molecular formula is C19H20FN3O4. The lowest BCUT2D eigenvalue weighted by atomic mass is 10.1. The van der Waals surface area contributed by atoms with E-state index in [1.54, 1.807) is 31.3 Å². The number of carbonyl (C=O) groups is 1. The predicted molar refractivity (Wildman–Crippen MR) is 98.6 cm³/mol. The molecule has 0 bridgehead atoms. The van der Waals surface area contributed by atoms with Gasteiger partial charge in [0.15, 0.2) is 11.6 Å². The normalized spacial score (nSPS) is 13.1. The second kappa shape index (κ2) is 8.03. The first-order chi connectivity index (χ1) is 13.0. The number of halogens is 1. The molecule has 0 aromatic heterocycles. The molecular weight excluding hydrogens is 353 g/mol. The average Bonchev–Trinajstić information content (AvgIpc) is 3.46. The highest BCUT2D eigenvalue weighted by molar-refractivity contribution is 5.95. The first-order valence-electron chi connectivity index (χ1n) is 8.63. The van der Waals surface area contributed by atoms with E-state index in [4.69, 9.17) is 4.74 Å². The molecule has 1 aliphatic rings. The summed E-state index contributed by atoms with van der Waals surface area (Å²) < 4.78 is 18.9. The molecule has 0 saturated heterocycles. The van der Waals surface area contributed by atoms with Crippen molar-refractivity contribution < 1.29 is 18.8 Å². The third kappa shape index (κ3) is 4.72. The first kappa shape index (κ1) is 18.6. The van der Waals surface area contributed by atoms with Gasteiger partial charge in [0.25, 0.3) is 11.6 Å². The molecule has 2 aromatic carbocycles. The van der Waals surface area contributed by atoms with Crippen molar-refractivity contribution in [2.75, 3.05) is 25.5 Å². The van der Waals surface area contributed by atoms with Crippen LogP contribution in [0.25, 0.3) is 0 Å². The molecule has 1 N–H and O–H groups in total. The van der Waals surface area contributed by atoms with E-state index in [9.17, 15) is 19.3 Å². The Kier molecular flexibility index (Phi) is 5.54. The maximum absolute atomic E-state index is 13.5. The van der Waals surface area contributed by atoms with Gasteiger partial charge in [-0.3, -0.25) is 14.9 Å². The van der Waals surface area contributed by atoms with Gasteiger partial charge in [0, 0.05) is 24.7 Å². The second-order valence-electron chi connectivity index (χ2n) is 6.41. The highest BCUT2D eigenvalue weighted by Gasteiger charge is 2.26. The van der Waals surface area contributed by atoms with Crippen LogP contribution in [-0.2, 0) is 0 Å². The molecule has 0 atom stereocenters. The van der Waals surface area contributed by atoms with E-state index in [0.717, 1.165) is 12.8 Å². The fourth-order valence-electron chi connectivity index (χ4n) is 2.56. The molecule has 1 saturated carbocycles. The number of anilines is 1. The highest BCUT2D eigenvalue weighted by atomic mass is 19.1. The van der Waals surface area contributed by atoms with Crippen LogP contribution in [-0.4, -0.2) is 42.0 Å². The number of rotatable bonds is 8. The van der Waals surface area contributed by atoms with Crippen molar-refractivity contribution in [1.82, 2.24) is 4.90 Å². The van der Waals surface area contributed by atoms with Crippen LogP contribution in [0.5, 0.6) is 5.75 Å². The molecule has 0 radical (unpaired) electrons. The number of hydrogen-bond acceptors (Lipinski definition) is 5. The van der Waals surface area contributed by atoms with Gasteiger partial charge < -0.3 is 15.0 Å². The molecule has 7 nitrogen and oxygen atoms in total. The van der Waals surface area contributed by atoms with Crippen LogP contribution < -0.4 is 10.1 Å². The zero-order chi connectivity index (χ0) is 19.4. The third-order valence-corrected chi connectivity index (χ3v) is 4.25. The molecule has 1 aliphatic carbocycles. The minimum atomic E-state index is -0.497. The molecule has 3 rings (SSSR count). The molecule has 142 valence electrons. The molecule has 1 fully saturated rings. The Morgan fingerprint density at radius 3 is 2.74 bits per heavy atom. The maximum Gasteiger partial charge on any atom is 0.293 e. The number of nitro benzene ring substituents is 1. The summed E-state index contributed by atoms with van der Waals surface area (Å²) in [5.41, 5.74) is 0.518. The predicted octanol–water partition coefficient (Wildman–Crippen LogP) is 3.46. The van der Waals surface area contributed by atoms with Crippen molar-refractivity contribution in [1.29, 1.82) is 0 Å². The first-order valence-corrected chi connectivity index (χ1v) is 8.63. The molecule has 8 heteroatoms. The monoisotopic (exact) mass is 373 g/mol. The van der Waals surface area contributed by atoms with Crippen LogP contribution in [0.2, 0.25) is 0 Å². The van der Waals surface area contributed by atoms with Gasteiger partial charge in [0.2, 0.25) is 0 Å². The number of ether oxygens (including phenoxy) is 1. The van der Waals surface area contributed by atoms with Gasteiger partial charge in [0.1, 0.15) is 12.3 Å².